The van der Waals surface area contributed by atoms with Gasteiger partial charge in [0.05, 0.1) is 0 Å². The minimum atomic E-state index is -0.563. The number of carbonyl (C=O) groups is 1. The van der Waals surface area contributed by atoms with E-state index in [0.717, 1.165) is 28.1 Å². The van der Waals surface area contributed by atoms with E-state index in [-0.39, 0.29) is 5.69 Å². The van der Waals surface area contributed by atoms with Crippen molar-refractivity contribution < 1.29 is 4.79 Å². The Morgan fingerprint density at radius 1 is 1.23 bits per heavy atom. The fourth-order valence-electron chi connectivity index (χ4n) is 2.35. The first kappa shape index (κ1) is 14.3. The van der Waals surface area contributed by atoms with Crippen molar-refractivity contribution >= 4 is 17.5 Å². The summed E-state index contributed by atoms with van der Waals surface area (Å²) in [4.78, 5) is 15.3. The number of hydrogen-bond acceptors (Lipinski definition) is 3. The van der Waals surface area contributed by atoms with Crippen molar-refractivity contribution in [3.8, 4) is 22.4 Å². The lowest BCUT2D eigenvalue weighted by Crippen LogP contribution is -2.12. The number of nitrogens with zero attached hydrogens (tertiary/aromatic N) is 2. The Kier molecular flexibility index (Phi) is 3.65. The molecule has 0 bridgehead atoms. The van der Waals surface area contributed by atoms with Crippen LogP contribution in [-0.4, -0.2) is 21.1 Å². The molecule has 0 spiro atoms. The molecule has 0 unspecified atom stereocenters. The third-order valence-corrected chi connectivity index (χ3v) is 3.58. The van der Waals surface area contributed by atoms with Gasteiger partial charge in [-0.25, -0.2) is 0 Å². The van der Waals surface area contributed by atoms with E-state index in [9.17, 15) is 4.79 Å². The summed E-state index contributed by atoms with van der Waals surface area (Å²) in [5.41, 5.74) is 9.78. The first-order chi connectivity index (χ1) is 10.6. The maximum Gasteiger partial charge on any atom is 0.267 e. The third-order valence-electron chi connectivity index (χ3n) is 3.35. The van der Waals surface area contributed by atoms with Crippen molar-refractivity contribution in [3.05, 3.63) is 59.0 Å². The van der Waals surface area contributed by atoms with E-state index in [1.54, 1.807) is 12.3 Å². The Morgan fingerprint density at radius 2 is 2.05 bits per heavy atom. The zero-order valence-corrected chi connectivity index (χ0v) is 12.6. The number of carbonyl (C=O) groups excluding carboxylic acids is 1. The summed E-state index contributed by atoms with van der Waals surface area (Å²) in [6.07, 6.45) is 1.56. The number of hydrogen-bond donors (Lipinski definition) is 2. The number of rotatable bonds is 3. The predicted octanol–water partition coefficient (Wildman–Crippen LogP) is 3.20. The maximum absolute atomic E-state index is 11.3. The van der Waals surface area contributed by atoms with Crippen LogP contribution in [0.5, 0.6) is 0 Å². The zero-order chi connectivity index (χ0) is 15.7. The van der Waals surface area contributed by atoms with Crippen LogP contribution in [-0.2, 0) is 0 Å². The van der Waals surface area contributed by atoms with E-state index in [1.807, 2.05) is 37.3 Å². The normalized spacial score (nSPS) is 10.6. The average Bonchev–Trinajstić information content (AvgIpc) is 2.89. The van der Waals surface area contributed by atoms with E-state index in [1.165, 1.54) is 0 Å². The quantitative estimate of drug-likeness (QED) is 0.778. The summed E-state index contributed by atoms with van der Waals surface area (Å²) in [6, 6.07) is 10.9. The van der Waals surface area contributed by atoms with Crippen LogP contribution in [0.15, 0.2) is 42.6 Å². The Labute approximate surface area is 132 Å². The van der Waals surface area contributed by atoms with Gasteiger partial charge < -0.3 is 5.73 Å². The average molecular weight is 313 g/mol. The molecule has 5 nitrogen and oxygen atoms in total. The number of pyridine rings is 1. The smallest absolute Gasteiger partial charge is 0.267 e. The second kappa shape index (κ2) is 5.61. The topological polar surface area (TPSA) is 84.7 Å². The minimum Gasteiger partial charge on any atom is -0.364 e. The molecule has 0 saturated carbocycles. The van der Waals surface area contributed by atoms with Crippen molar-refractivity contribution in [2.45, 2.75) is 6.92 Å². The zero-order valence-electron chi connectivity index (χ0n) is 11.8. The molecule has 1 amide bonds. The minimum absolute atomic E-state index is 0.218. The van der Waals surface area contributed by atoms with Gasteiger partial charge in [0.2, 0.25) is 0 Å². The SMILES string of the molecule is Cc1[nH]nc(-c2cccc(Cl)c2)c1-c1ccnc(C(N)=O)c1. The number of nitrogens with two attached hydrogens (primary N) is 1. The van der Waals surface area contributed by atoms with Crippen molar-refractivity contribution in [2.24, 2.45) is 5.73 Å². The van der Waals surface area contributed by atoms with Gasteiger partial charge in [-0.15, -0.1) is 0 Å². The maximum atomic E-state index is 11.3. The molecule has 110 valence electrons. The molecule has 0 aliphatic carbocycles. The van der Waals surface area contributed by atoms with Gasteiger partial charge in [0.15, 0.2) is 0 Å². The van der Waals surface area contributed by atoms with Crippen LogP contribution in [0.3, 0.4) is 0 Å². The number of H-pyrrole nitrogens is 1. The number of primary amides is 1. The highest BCUT2D eigenvalue weighted by molar-refractivity contribution is 6.30. The molecule has 0 saturated heterocycles. The van der Waals surface area contributed by atoms with Crippen LogP contribution < -0.4 is 5.73 Å². The summed E-state index contributed by atoms with van der Waals surface area (Å²) in [7, 11) is 0. The van der Waals surface area contributed by atoms with Gasteiger partial charge in [-0.2, -0.15) is 5.10 Å². The number of aromatic amines is 1. The molecular weight excluding hydrogens is 300 g/mol. The van der Waals surface area contributed by atoms with Crippen LogP contribution in [0.1, 0.15) is 16.2 Å². The van der Waals surface area contributed by atoms with Crippen LogP contribution >= 0.6 is 11.6 Å². The molecule has 3 N–H and O–H groups in total. The number of aromatic nitrogens is 3. The molecule has 0 aliphatic rings. The van der Waals surface area contributed by atoms with Gasteiger partial charge in [0.1, 0.15) is 11.4 Å². The highest BCUT2D eigenvalue weighted by Gasteiger charge is 2.16. The van der Waals surface area contributed by atoms with Crippen LogP contribution in [0.4, 0.5) is 0 Å². The molecule has 0 atom stereocenters. The lowest BCUT2D eigenvalue weighted by molar-refractivity contribution is 0.0995. The predicted molar refractivity (Wildman–Crippen MR) is 85.5 cm³/mol. The molecule has 1 aromatic carbocycles. The molecule has 3 rings (SSSR count). The Balaban J connectivity index is 2.18. The first-order valence-electron chi connectivity index (χ1n) is 6.63. The molecule has 0 fully saturated rings. The summed E-state index contributed by atoms with van der Waals surface area (Å²) in [5, 5.41) is 7.97. The summed E-state index contributed by atoms with van der Waals surface area (Å²) < 4.78 is 0. The first-order valence-corrected chi connectivity index (χ1v) is 7.01. The molecule has 0 radical (unpaired) electrons. The van der Waals surface area contributed by atoms with Gasteiger partial charge >= 0.3 is 0 Å². The van der Waals surface area contributed by atoms with Crippen LogP contribution in [0, 0.1) is 6.92 Å². The van der Waals surface area contributed by atoms with E-state index >= 15 is 0 Å². The Hall–Kier alpha value is -2.66. The van der Waals surface area contributed by atoms with Gasteiger partial charge in [-0.05, 0) is 36.8 Å². The summed E-state index contributed by atoms with van der Waals surface area (Å²) in [5.74, 6) is -0.563. The molecular formula is C16H13ClN4O. The highest BCUT2D eigenvalue weighted by atomic mass is 35.5. The van der Waals surface area contributed by atoms with Crippen LogP contribution in [0.25, 0.3) is 22.4 Å². The third kappa shape index (κ3) is 2.58. The van der Waals surface area contributed by atoms with Crippen LogP contribution in [0.2, 0.25) is 5.02 Å². The van der Waals surface area contributed by atoms with E-state index in [4.69, 9.17) is 17.3 Å². The van der Waals surface area contributed by atoms with E-state index < -0.39 is 5.91 Å². The Bertz CT molecular complexity index is 857. The monoisotopic (exact) mass is 312 g/mol. The number of benzene rings is 1. The lowest BCUT2D eigenvalue weighted by Gasteiger charge is -2.06. The second-order valence-corrected chi connectivity index (χ2v) is 5.31. The standard InChI is InChI=1S/C16H13ClN4O/c1-9-14(10-5-6-19-13(8-10)16(18)22)15(21-20-9)11-3-2-4-12(17)7-11/h2-8H,1H3,(H2,18,22)(H,20,21). The van der Waals surface area contributed by atoms with E-state index in [0.29, 0.717) is 5.02 Å². The highest BCUT2D eigenvalue weighted by Crippen LogP contribution is 2.33. The Morgan fingerprint density at radius 3 is 2.77 bits per heavy atom. The number of nitrogens with one attached hydrogen (secondary N) is 1. The van der Waals surface area contributed by atoms with Crippen molar-refractivity contribution in [3.63, 3.8) is 0 Å². The fraction of sp³-hybridized carbons (Fsp3) is 0.0625. The second-order valence-electron chi connectivity index (χ2n) is 4.88. The molecule has 3 aromatic rings. The molecule has 22 heavy (non-hydrogen) atoms. The molecule has 2 aromatic heterocycles. The number of aryl methyl sites for hydroxylation is 1. The summed E-state index contributed by atoms with van der Waals surface area (Å²) in [6.45, 7) is 1.92. The van der Waals surface area contributed by atoms with Crippen molar-refractivity contribution in [2.75, 3.05) is 0 Å². The molecule has 6 heteroatoms. The molecule has 2 heterocycles. The van der Waals surface area contributed by atoms with Gasteiger partial charge in [0, 0.05) is 28.0 Å². The van der Waals surface area contributed by atoms with Gasteiger partial charge in [0.25, 0.3) is 5.91 Å². The lowest BCUT2D eigenvalue weighted by atomic mass is 9.99. The van der Waals surface area contributed by atoms with E-state index in [2.05, 4.69) is 15.2 Å². The largest absolute Gasteiger partial charge is 0.364 e. The fourth-order valence-corrected chi connectivity index (χ4v) is 2.54. The van der Waals surface area contributed by atoms with Crippen molar-refractivity contribution in [1.29, 1.82) is 0 Å². The van der Waals surface area contributed by atoms with Gasteiger partial charge in [-0.1, -0.05) is 23.7 Å². The summed E-state index contributed by atoms with van der Waals surface area (Å²) >= 11 is 6.06. The number of halogens is 1. The molecule has 0 aliphatic heterocycles. The van der Waals surface area contributed by atoms with Gasteiger partial charge in [-0.3, -0.25) is 14.9 Å². The number of amides is 1. The van der Waals surface area contributed by atoms with Crippen molar-refractivity contribution in [1.82, 2.24) is 15.2 Å².